The Hall–Kier alpha value is -4.99. The fourth-order valence-electron chi connectivity index (χ4n) is 5.27. The Bertz CT molecular complexity index is 1950. The highest BCUT2D eigenvalue weighted by molar-refractivity contribution is 9.10. The van der Waals surface area contributed by atoms with Gasteiger partial charge in [0.05, 0.1) is 5.56 Å². The molecule has 0 aromatic heterocycles. The second kappa shape index (κ2) is 14.6. The molecule has 9 heteroatoms. The summed E-state index contributed by atoms with van der Waals surface area (Å²) in [6.45, 7) is 0.636. The van der Waals surface area contributed by atoms with Crippen molar-refractivity contribution >= 4 is 62.9 Å². The van der Waals surface area contributed by atoms with E-state index in [-0.39, 0.29) is 17.2 Å². The summed E-state index contributed by atoms with van der Waals surface area (Å²) in [4.78, 5) is 43.1. The van der Waals surface area contributed by atoms with Crippen LogP contribution >= 0.6 is 27.7 Å². The van der Waals surface area contributed by atoms with E-state index in [2.05, 4.69) is 32.6 Å². The smallest absolute Gasteiger partial charge is 0.272 e. The van der Waals surface area contributed by atoms with E-state index in [0.29, 0.717) is 17.8 Å². The topological polar surface area (TPSA) is 78.5 Å². The first-order chi connectivity index (χ1) is 22.9. The van der Waals surface area contributed by atoms with Gasteiger partial charge < -0.3 is 15.5 Å². The van der Waals surface area contributed by atoms with Crippen molar-refractivity contribution in [3.05, 3.63) is 166 Å². The van der Waals surface area contributed by atoms with Crippen molar-refractivity contribution in [2.75, 3.05) is 16.8 Å². The number of carbonyl (C=O) groups excluding carboxylic acids is 3. The van der Waals surface area contributed by atoms with Crippen LogP contribution in [-0.2, 0) is 16.0 Å². The summed E-state index contributed by atoms with van der Waals surface area (Å²) in [7, 11) is 0. The van der Waals surface area contributed by atoms with Crippen molar-refractivity contribution in [2.45, 2.75) is 16.6 Å². The number of nitrogens with one attached hydrogen (secondary N) is 2. The highest BCUT2D eigenvalue weighted by atomic mass is 79.9. The Morgan fingerprint density at radius 2 is 1.49 bits per heavy atom. The largest absolute Gasteiger partial charge is 0.321 e. The van der Waals surface area contributed by atoms with Gasteiger partial charge in [0.25, 0.3) is 11.8 Å². The van der Waals surface area contributed by atoms with E-state index in [1.807, 2.05) is 77.7 Å². The molecule has 47 heavy (non-hydrogen) atoms. The van der Waals surface area contributed by atoms with Gasteiger partial charge >= 0.3 is 0 Å². The number of fused-ring (bicyclic) bond motifs is 1. The van der Waals surface area contributed by atoms with E-state index in [4.69, 9.17) is 0 Å². The highest BCUT2D eigenvalue weighted by Crippen LogP contribution is 2.40. The van der Waals surface area contributed by atoms with Crippen molar-refractivity contribution in [1.29, 1.82) is 0 Å². The van der Waals surface area contributed by atoms with Crippen molar-refractivity contribution < 1.29 is 18.8 Å². The Kier molecular flexibility index (Phi) is 9.94. The molecule has 5 aromatic rings. The molecule has 0 radical (unpaired) electrons. The Labute approximate surface area is 284 Å². The molecule has 2 N–H and O–H groups in total. The maximum absolute atomic E-state index is 14.3. The molecule has 0 spiro atoms. The summed E-state index contributed by atoms with van der Waals surface area (Å²) < 4.78 is 15.2. The van der Waals surface area contributed by atoms with Crippen LogP contribution in [0.1, 0.15) is 32.3 Å². The van der Waals surface area contributed by atoms with Crippen LogP contribution in [-0.4, -0.2) is 24.3 Å². The molecule has 0 fully saturated rings. The van der Waals surface area contributed by atoms with Crippen LogP contribution < -0.4 is 15.5 Å². The standard InChI is InChI=1S/C38H29BrFN3O3S/c39-28-16-14-25(15-17-28)24-33(42-36(44)31-11-5-6-12-32(31)40)37(45)41-29-18-20-30(21-19-29)47-35(27-9-2-1-3-10-27)38(46)43-23-22-26-8-4-7-13-34(26)43/h1-21,24,35H,22-23H2,(H,41,45)(H,42,44)/b33-24-/t35-/m0/s1. The minimum Gasteiger partial charge on any atom is -0.321 e. The normalized spacial score (nSPS) is 13.1. The predicted molar refractivity (Wildman–Crippen MR) is 189 cm³/mol. The number of amides is 3. The molecule has 0 aliphatic carbocycles. The number of benzene rings is 5. The average molecular weight is 707 g/mol. The third-order valence-corrected chi connectivity index (χ3v) is 9.42. The van der Waals surface area contributed by atoms with Gasteiger partial charge in [0, 0.05) is 27.3 Å². The van der Waals surface area contributed by atoms with Crippen molar-refractivity contribution in [3.63, 3.8) is 0 Å². The van der Waals surface area contributed by atoms with Crippen LogP contribution in [0.4, 0.5) is 15.8 Å². The summed E-state index contributed by atoms with van der Waals surface area (Å²) in [5, 5.41) is 4.92. The summed E-state index contributed by atoms with van der Waals surface area (Å²) in [5.41, 5.74) is 3.93. The van der Waals surface area contributed by atoms with Crippen LogP contribution in [0, 0.1) is 5.82 Å². The monoisotopic (exact) mass is 705 g/mol. The fourth-order valence-corrected chi connectivity index (χ4v) is 6.62. The van der Waals surface area contributed by atoms with Gasteiger partial charge in [0.15, 0.2) is 0 Å². The molecule has 6 rings (SSSR count). The van der Waals surface area contributed by atoms with Crippen LogP contribution in [0.2, 0.25) is 0 Å². The van der Waals surface area contributed by atoms with Crippen LogP contribution in [0.3, 0.4) is 0 Å². The van der Waals surface area contributed by atoms with Crippen molar-refractivity contribution in [2.24, 2.45) is 0 Å². The lowest BCUT2D eigenvalue weighted by Crippen LogP contribution is -2.32. The van der Waals surface area contributed by atoms with Gasteiger partial charge in [-0.1, -0.05) is 88.7 Å². The van der Waals surface area contributed by atoms with Gasteiger partial charge in [-0.05, 0) is 83.8 Å². The van der Waals surface area contributed by atoms with Crippen LogP contribution in [0.5, 0.6) is 0 Å². The first kappa shape index (κ1) is 32.0. The minimum absolute atomic E-state index is 0.0110. The molecule has 3 amide bonds. The number of hydrogen-bond acceptors (Lipinski definition) is 4. The minimum atomic E-state index is -0.745. The predicted octanol–water partition coefficient (Wildman–Crippen LogP) is 8.42. The molecule has 234 valence electrons. The van der Waals surface area contributed by atoms with Gasteiger partial charge in [-0.25, -0.2) is 4.39 Å². The number of hydrogen-bond donors (Lipinski definition) is 2. The number of anilines is 2. The number of para-hydroxylation sites is 1. The van der Waals surface area contributed by atoms with E-state index in [0.717, 1.165) is 32.6 Å². The molecular weight excluding hydrogens is 677 g/mol. The van der Waals surface area contributed by atoms with Gasteiger partial charge in [-0.2, -0.15) is 0 Å². The zero-order valence-corrected chi connectivity index (χ0v) is 27.4. The van der Waals surface area contributed by atoms with E-state index in [9.17, 15) is 18.8 Å². The molecule has 1 atom stereocenters. The van der Waals surface area contributed by atoms with E-state index in [1.54, 1.807) is 30.3 Å². The summed E-state index contributed by atoms with van der Waals surface area (Å²) in [6, 6.07) is 37.6. The lowest BCUT2D eigenvalue weighted by Gasteiger charge is -2.24. The van der Waals surface area contributed by atoms with E-state index < -0.39 is 22.9 Å². The van der Waals surface area contributed by atoms with E-state index in [1.165, 1.54) is 36.0 Å². The second-order valence-corrected chi connectivity index (χ2v) is 12.9. The van der Waals surface area contributed by atoms with E-state index >= 15 is 0 Å². The number of halogens is 2. The van der Waals surface area contributed by atoms with Gasteiger partial charge in [-0.3, -0.25) is 14.4 Å². The van der Waals surface area contributed by atoms with Gasteiger partial charge in [0.2, 0.25) is 5.91 Å². The Morgan fingerprint density at radius 1 is 0.809 bits per heavy atom. The molecule has 6 nitrogen and oxygen atoms in total. The number of thioether (sulfide) groups is 1. The SMILES string of the molecule is O=C(Nc1ccc(S[C@H](C(=O)N2CCc3ccccc32)c2ccccc2)cc1)/C(=C/c1ccc(Br)cc1)NC(=O)c1ccccc1F. The molecule has 0 bridgehead atoms. The molecule has 1 aliphatic rings. The lowest BCUT2D eigenvalue weighted by molar-refractivity contribution is -0.118. The summed E-state index contributed by atoms with van der Waals surface area (Å²) in [6.07, 6.45) is 2.35. The number of carbonyl (C=O) groups is 3. The average Bonchev–Trinajstić information content (AvgIpc) is 3.53. The fraction of sp³-hybridized carbons (Fsp3) is 0.0789. The first-order valence-electron chi connectivity index (χ1n) is 14.9. The lowest BCUT2D eigenvalue weighted by atomic mass is 10.1. The molecule has 1 aliphatic heterocycles. The van der Waals surface area contributed by atoms with Crippen molar-refractivity contribution in [1.82, 2.24) is 5.32 Å². The van der Waals surface area contributed by atoms with Gasteiger partial charge in [0.1, 0.15) is 16.8 Å². The number of rotatable bonds is 9. The molecule has 0 saturated heterocycles. The van der Waals surface area contributed by atoms with Crippen molar-refractivity contribution in [3.8, 4) is 0 Å². The third-order valence-electron chi connectivity index (χ3n) is 7.64. The summed E-state index contributed by atoms with van der Waals surface area (Å²) >= 11 is 4.84. The molecule has 5 aromatic carbocycles. The summed E-state index contributed by atoms with van der Waals surface area (Å²) in [5.74, 6) is -2.01. The zero-order chi connectivity index (χ0) is 32.8. The molecule has 0 unspecified atom stereocenters. The zero-order valence-electron chi connectivity index (χ0n) is 25.0. The third kappa shape index (κ3) is 7.70. The molecule has 0 saturated carbocycles. The number of nitrogens with zero attached hydrogens (tertiary/aromatic N) is 1. The quantitative estimate of drug-likeness (QED) is 0.119. The highest BCUT2D eigenvalue weighted by Gasteiger charge is 2.31. The Morgan fingerprint density at radius 3 is 2.23 bits per heavy atom. The molecular formula is C38H29BrFN3O3S. The van der Waals surface area contributed by atoms with Gasteiger partial charge in [-0.15, -0.1) is 11.8 Å². The first-order valence-corrected chi connectivity index (χ1v) is 16.6. The Balaban J connectivity index is 1.20. The maximum atomic E-state index is 14.3. The maximum Gasteiger partial charge on any atom is 0.272 e. The van der Waals surface area contributed by atoms with Crippen LogP contribution in [0.25, 0.3) is 6.08 Å². The molecule has 1 heterocycles. The second-order valence-electron chi connectivity index (χ2n) is 10.8. The van der Waals surface area contributed by atoms with Crippen LogP contribution in [0.15, 0.2) is 142 Å².